The second kappa shape index (κ2) is 6.82. The van der Waals surface area contributed by atoms with Crippen LogP contribution in [0, 0.1) is 11.6 Å². The molecule has 0 saturated heterocycles. The molecule has 1 aromatic carbocycles. The molecule has 3 nitrogen and oxygen atoms in total. The van der Waals surface area contributed by atoms with E-state index in [-0.39, 0.29) is 24.4 Å². The van der Waals surface area contributed by atoms with Crippen LogP contribution in [0.1, 0.15) is 26.3 Å². The zero-order valence-corrected chi connectivity index (χ0v) is 11.9. The summed E-state index contributed by atoms with van der Waals surface area (Å²) in [5.74, 6) is -1.22. The minimum absolute atomic E-state index is 0.102. The third kappa shape index (κ3) is 4.14. The van der Waals surface area contributed by atoms with Gasteiger partial charge in [-0.25, -0.2) is 8.78 Å². The summed E-state index contributed by atoms with van der Waals surface area (Å²) in [6.45, 7) is 5.90. The molecule has 108 valence electrons. The SMILES string of the molecule is CC(C)NCc1cc(F)c(N(C)C(C)CO)c(F)c1. The van der Waals surface area contributed by atoms with Gasteiger partial charge in [-0.05, 0) is 24.6 Å². The topological polar surface area (TPSA) is 35.5 Å². The highest BCUT2D eigenvalue weighted by atomic mass is 19.1. The van der Waals surface area contributed by atoms with Crippen molar-refractivity contribution in [1.82, 2.24) is 5.32 Å². The number of hydrogen-bond acceptors (Lipinski definition) is 3. The molecule has 0 heterocycles. The van der Waals surface area contributed by atoms with E-state index in [1.807, 2.05) is 13.8 Å². The Morgan fingerprint density at radius 1 is 1.21 bits per heavy atom. The van der Waals surface area contributed by atoms with Gasteiger partial charge in [-0.2, -0.15) is 0 Å². The molecule has 0 aliphatic rings. The summed E-state index contributed by atoms with van der Waals surface area (Å²) in [7, 11) is 1.56. The monoisotopic (exact) mass is 272 g/mol. The fraction of sp³-hybridized carbons (Fsp3) is 0.571. The van der Waals surface area contributed by atoms with Crippen LogP contribution in [-0.2, 0) is 6.54 Å². The van der Waals surface area contributed by atoms with Crippen molar-refractivity contribution in [3.05, 3.63) is 29.3 Å². The second-order valence-electron chi connectivity index (χ2n) is 5.09. The largest absolute Gasteiger partial charge is 0.394 e. The average molecular weight is 272 g/mol. The molecule has 0 aromatic heterocycles. The maximum absolute atomic E-state index is 14.0. The first-order valence-corrected chi connectivity index (χ1v) is 6.41. The number of nitrogens with zero attached hydrogens (tertiary/aromatic N) is 1. The van der Waals surface area contributed by atoms with Gasteiger partial charge in [-0.1, -0.05) is 13.8 Å². The molecule has 0 aliphatic carbocycles. The van der Waals surface area contributed by atoms with Crippen LogP contribution in [-0.4, -0.2) is 30.8 Å². The Labute approximate surface area is 113 Å². The van der Waals surface area contributed by atoms with Gasteiger partial charge in [-0.3, -0.25) is 0 Å². The van der Waals surface area contributed by atoms with Crippen molar-refractivity contribution in [1.29, 1.82) is 0 Å². The van der Waals surface area contributed by atoms with E-state index in [0.29, 0.717) is 12.1 Å². The number of aliphatic hydroxyl groups is 1. The lowest BCUT2D eigenvalue weighted by Crippen LogP contribution is -2.33. The third-order valence-electron chi connectivity index (χ3n) is 3.07. The number of nitrogens with one attached hydrogen (secondary N) is 1. The van der Waals surface area contributed by atoms with E-state index in [4.69, 9.17) is 5.11 Å². The van der Waals surface area contributed by atoms with Crippen LogP contribution >= 0.6 is 0 Å². The fourth-order valence-electron chi connectivity index (χ4n) is 1.72. The van der Waals surface area contributed by atoms with Crippen LogP contribution in [0.2, 0.25) is 0 Å². The lowest BCUT2D eigenvalue weighted by molar-refractivity contribution is 0.269. The Hall–Kier alpha value is -1.20. The second-order valence-corrected chi connectivity index (χ2v) is 5.09. The van der Waals surface area contributed by atoms with Crippen LogP contribution < -0.4 is 10.2 Å². The molecule has 0 fully saturated rings. The number of likely N-dealkylation sites (N-methyl/N-ethyl adjacent to an activating group) is 1. The van der Waals surface area contributed by atoms with Crippen LogP contribution in [0.4, 0.5) is 14.5 Å². The molecule has 5 heteroatoms. The minimum Gasteiger partial charge on any atom is -0.394 e. The van der Waals surface area contributed by atoms with Gasteiger partial charge in [-0.15, -0.1) is 0 Å². The summed E-state index contributed by atoms with van der Waals surface area (Å²) in [5, 5.41) is 12.2. The van der Waals surface area contributed by atoms with E-state index < -0.39 is 11.6 Å². The van der Waals surface area contributed by atoms with E-state index in [1.54, 1.807) is 14.0 Å². The molecule has 2 N–H and O–H groups in total. The first-order valence-electron chi connectivity index (χ1n) is 6.41. The van der Waals surface area contributed by atoms with Gasteiger partial charge in [0.2, 0.25) is 0 Å². The van der Waals surface area contributed by atoms with Crippen molar-refractivity contribution in [3.63, 3.8) is 0 Å². The van der Waals surface area contributed by atoms with Crippen molar-refractivity contribution in [3.8, 4) is 0 Å². The minimum atomic E-state index is -0.608. The van der Waals surface area contributed by atoms with Gasteiger partial charge in [0, 0.05) is 25.7 Å². The van der Waals surface area contributed by atoms with E-state index in [2.05, 4.69) is 5.32 Å². The van der Waals surface area contributed by atoms with Gasteiger partial charge < -0.3 is 15.3 Å². The van der Waals surface area contributed by atoms with Crippen LogP contribution in [0.15, 0.2) is 12.1 Å². The maximum Gasteiger partial charge on any atom is 0.149 e. The quantitative estimate of drug-likeness (QED) is 0.834. The van der Waals surface area contributed by atoms with Gasteiger partial charge in [0.1, 0.15) is 17.3 Å². The first kappa shape index (κ1) is 15.9. The third-order valence-corrected chi connectivity index (χ3v) is 3.07. The molecule has 1 unspecified atom stereocenters. The first-order chi connectivity index (χ1) is 8.86. The summed E-state index contributed by atoms with van der Waals surface area (Å²) >= 11 is 0. The van der Waals surface area contributed by atoms with Crippen molar-refractivity contribution >= 4 is 5.69 Å². The standard InChI is InChI=1S/C14H22F2N2O/c1-9(2)17-7-11-5-12(15)14(13(16)6-11)18(4)10(3)8-19/h5-6,9-10,17,19H,7-8H2,1-4H3. The Kier molecular flexibility index (Phi) is 5.69. The number of hydrogen-bond donors (Lipinski definition) is 2. The summed E-state index contributed by atoms with van der Waals surface area (Å²) in [4.78, 5) is 1.41. The smallest absolute Gasteiger partial charge is 0.149 e. The van der Waals surface area contributed by atoms with Gasteiger partial charge in [0.15, 0.2) is 0 Å². The van der Waals surface area contributed by atoms with E-state index in [9.17, 15) is 8.78 Å². The Morgan fingerprint density at radius 3 is 2.16 bits per heavy atom. The highest BCUT2D eigenvalue weighted by Crippen LogP contribution is 2.25. The van der Waals surface area contributed by atoms with Crippen LogP contribution in [0.25, 0.3) is 0 Å². The van der Waals surface area contributed by atoms with Gasteiger partial charge in [0.05, 0.1) is 6.61 Å². The molecule has 1 rings (SSSR count). The van der Waals surface area contributed by atoms with Crippen LogP contribution in [0.3, 0.4) is 0 Å². The molecule has 0 amide bonds. The molecule has 19 heavy (non-hydrogen) atoms. The van der Waals surface area contributed by atoms with Gasteiger partial charge in [0.25, 0.3) is 0 Å². The van der Waals surface area contributed by atoms with E-state index in [1.165, 1.54) is 17.0 Å². The normalized spacial score (nSPS) is 12.8. The zero-order valence-electron chi connectivity index (χ0n) is 11.9. The summed E-state index contributed by atoms with van der Waals surface area (Å²) < 4.78 is 28.0. The molecular formula is C14H22F2N2O. The lowest BCUT2D eigenvalue weighted by atomic mass is 10.1. The number of aliphatic hydroxyl groups excluding tert-OH is 1. The molecule has 1 aromatic rings. The zero-order chi connectivity index (χ0) is 14.6. The number of rotatable bonds is 6. The van der Waals surface area contributed by atoms with Crippen molar-refractivity contribution < 1.29 is 13.9 Å². The predicted octanol–water partition coefficient (Wildman–Crippen LogP) is 2.28. The molecule has 0 radical (unpaired) electrons. The van der Waals surface area contributed by atoms with Crippen molar-refractivity contribution in [2.45, 2.75) is 39.4 Å². The Balaban J connectivity index is 2.97. The summed E-state index contributed by atoms with van der Waals surface area (Å²) in [5.41, 5.74) is 0.465. The van der Waals surface area contributed by atoms with Crippen molar-refractivity contribution in [2.75, 3.05) is 18.6 Å². The fourth-order valence-corrected chi connectivity index (χ4v) is 1.72. The molecule has 1 atom stereocenters. The number of benzene rings is 1. The Bertz CT molecular complexity index is 401. The lowest BCUT2D eigenvalue weighted by Gasteiger charge is -2.26. The molecule has 0 bridgehead atoms. The number of halogens is 2. The van der Waals surface area contributed by atoms with Crippen LogP contribution in [0.5, 0.6) is 0 Å². The highest BCUT2D eigenvalue weighted by Gasteiger charge is 2.18. The maximum atomic E-state index is 14.0. The average Bonchev–Trinajstić information content (AvgIpc) is 2.34. The summed E-state index contributed by atoms with van der Waals surface area (Å²) in [6.07, 6.45) is 0. The van der Waals surface area contributed by atoms with E-state index >= 15 is 0 Å². The van der Waals surface area contributed by atoms with Crippen molar-refractivity contribution in [2.24, 2.45) is 0 Å². The highest BCUT2D eigenvalue weighted by molar-refractivity contribution is 5.50. The summed E-state index contributed by atoms with van der Waals surface area (Å²) in [6, 6.07) is 2.56. The van der Waals surface area contributed by atoms with Gasteiger partial charge >= 0.3 is 0 Å². The molecule has 0 spiro atoms. The molecule has 0 saturated carbocycles. The number of anilines is 1. The van der Waals surface area contributed by atoms with E-state index in [0.717, 1.165) is 0 Å². The predicted molar refractivity (Wildman–Crippen MR) is 73.3 cm³/mol. The molecular weight excluding hydrogens is 250 g/mol. The molecule has 0 aliphatic heterocycles. The Morgan fingerprint density at radius 2 is 1.74 bits per heavy atom.